The van der Waals surface area contributed by atoms with Crippen LogP contribution in [0.5, 0.6) is 0 Å². The van der Waals surface area contributed by atoms with Gasteiger partial charge in [-0.25, -0.2) is 0 Å². The summed E-state index contributed by atoms with van der Waals surface area (Å²) in [5.74, 6) is -0.271. The maximum atomic E-state index is 6.74. The maximum Gasteiger partial charge on any atom is 0.169 e. The molecule has 0 aromatic heterocycles. The van der Waals surface area contributed by atoms with Gasteiger partial charge in [-0.15, -0.1) is 0 Å². The van der Waals surface area contributed by atoms with Gasteiger partial charge in [-0.1, -0.05) is 152 Å². The van der Waals surface area contributed by atoms with Gasteiger partial charge in [0.1, 0.15) is 12.2 Å². The van der Waals surface area contributed by atoms with E-state index in [-0.39, 0.29) is 5.79 Å². The lowest BCUT2D eigenvalue weighted by Crippen LogP contribution is -2.33. The molecule has 0 amide bonds. The smallest absolute Gasteiger partial charge is 0.169 e. The highest BCUT2D eigenvalue weighted by atomic mass is 16.8. The van der Waals surface area contributed by atoms with Crippen LogP contribution in [0.4, 0.5) is 0 Å². The molecule has 3 aliphatic rings. The third-order valence-electron chi connectivity index (χ3n) is 11.6. The Hall–Kier alpha value is -1.16. The van der Waals surface area contributed by atoms with Gasteiger partial charge in [0, 0.05) is 25.9 Å². The van der Waals surface area contributed by atoms with Crippen molar-refractivity contribution in [2.24, 2.45) is 5.41 Å². The molecular weight excluding hydrogens is 599 g/mol. The van der Waals surface area contributed by atoms with Gasteiger partial charge < -0.3 is 14.4 Å². The van der Waals surface area contributed by atoms with E-state index in [1.165, 1.54) is 161 Å². The number of nitrogens with zero attached hydrogens (tertiary/aromatic N) is 1. The summed E-state index contributed by atoms with van der Waals surface area (Å²) < 4.78 is 13.5. The number of fused-ring (bicyclic) bond motifs is 1. The lowest BCUT2D eigenvalue weighted by molar-refractivity contribution is -0.183. The first-order valence-corrected chi connectivity index (χ1v) is 21.7. The molecule has 3 rings (SSSR count). The van der Waals surface area contributed by atoms with Crippen molar-refractivity contribution >= 4 is 0 Å². The molecule has 0 unspecified atom stereocenters. The summed E-state index contributed by atoms with van der Waals surface area (Å²) in [5.41, 5.74) is 0.440. The van der Waals surface area contributed by atoms with Crippen LogP contribution in [0.1, 0.15) is 200 Å². The summed E-state index contributed by atoms with van der Waals surface area (Å²) in [6.07, 6.45) is 57.8. The number of hydrogen-bond acceptors (Lipinski definition) is 3. The zero-order chi connectivity index (χ0) is 34.7. The molecule has 3 heteroatoms. The molecule has 1 spiro atoms. The Morgan fingerprint density at radius 3 is 1.31 bits per heavy atom. The monoisotopic (exact) mass is 680 g/mol. The van der Waals surface area contributed by atoms with Crippen molar-refractivity contribution in [1.29, 1.82) is 0 Å². The third-order valence-corrected chi connectivity index (χ3v) is 11.6. The van der Waals surface area contributed by atoms with Crippen molar-refractivity contribution < 1.29 is 9.47 Å². The molecule has 2 heterocycles. The van der Waals surface area contributed by atoms with Gasteiger partial charge in [-0.05, 0) is 95.9 Å². The largest absolute Gasteiger partial charge is 0.343 e. The van der Waals surface area contributed by atoms with E-state index in [1.807, 2.05) is 0 Å². The Kier molecular flexibility index (Phi) is 22.9. The van der Waals surface area contributed by atoms with Crippen molar-refractivity contribution in [3.05, 3.63) is 48.6 Å². The lowest BCUT2D eigenvalue weighted by Gasteiger charge is -2.32. The normalized spacial score (nSPS) is 24.0. The van der Waals surface area contributed by atoms with Crippen molar-refractivity contribution in [2.45, 2.75) is 218 Å². The third kappa shape index (κ3) is 18.2. The second-order valence-corrected chi connectivity index (χ2v) is 16.3. The molecule has 2 saturated heterocycles. The molecule has 3 fully saturated rings. The lowest BCUT2D eigenvalue weighted by atomic mass is 9.76. The van der Waals surface area contributed by atoms with Gasteiger partial charge in [-0.2, -0.15) is 0 Å². The number of ether oxygens (including phenoxy) is 2. The zero-order valence-electron chi connectivity index (χ0n) is 33.0. The summed E-state index contributed by atoms with van der Waals surface area (Å²) in [7, 11) is 2.20. The van der Waals surface area contributed by atoms with Crippen LogP contribution in [0.25, 0.3) is 0 Å². The molecule has 1 saturated carbocycles. The van der Waals surface area contributed by atoms with Crippen LogP contribution < -0.4 is 0 Å². The van der Waals surface area contributed by atoms with Crippen LogP contribution in [-0.2, 0) is 9.47 Å². The number of unbranched alkanes of at least 4 members (excludes halogenated alkanes) is 18. The van der Waals surface area contributed by atoms with Gasteiger partial charge in [0.2, 0.25) is 0 Å². The zero-order valence-corrected chi connectivity index (χ0v) is 33.0. The minimum atomic E-state index is -0.271. The molecule has 0 radical (unpaired) electrons. The van der Waals surface area contributed by atoms with Crippen LogP contribution in [-0.4, -0.2) is 43.0 Å². The second-order valence-electron chi connectivity index (χ2n) is 16.3. The van der Waals surface area contributed by atoms with E-state index in [1.54, 1.807) is 0 Å². The molecule has 0 N–H and O–H groups in total. The van der Waals surface area contributed by atoms with Crippen LogP contribution in [0.3, 0.4) is 0 Å². The first-order chi connectivity index (χ1) is 24.1. The fourth-order valence-corrected chi connectivity index (χ4v) is 8.66. The summed E-state index contributed by atoms with van der Waals surface area (Å²) in [6, 6.07) is 0. The van der Waals surface area contributed by atoms with E-state index in [0.717, 1.165) is 38.8 Å². The molecular formula is C46H81NO2. The SMILES string of the molecule is CCCCC/C=C\C/C=C\CCCCCCCCC1(CCCCCCCC/C=C\C/C=C\CCCCC)CC[C@@]2(C1)O[C@H]1CN(C)C[C@H]1O2. The predicted molar refractivity (Wildman–Crippen MR) is 214 cm³/mol. The Balaban J connectivity index is 1.26. The highest BCUT2D eigenvalue weighted by molar-refractivity contribution is 5.02. The van der Waals surface area contributed by atoms with E-state index in [9.17, 15) is 0 Å². The van der Waals surface area contributed by atoms with E-state index in [4.69, 9.17) is 9.47 Å². The quantitative estimate of drug-likeness (QED) is 0.0557. The Morgan fingerprint density at radius 2 is 0.878 bits per heavy atom. The fourth-order valence-electron chi connectivity index (χ4n) is 8.66. The number of likely N-dealkylation sites (tertiary alicyclic amines) is 1. The number of likely N-dealkylation sites (N-methyl/N-ethyl adjacent to an activating group) is 1. The second kappa shape index (κ2) is 26.6. The van der Waals surface area contributed by atoms with Crippen molar-refractivity contribution in [1.82, 2.24) is 4.90 Å². The first kappa shape index (κ1) is 42.3. The van der Waals surface area contributed by atoms with Crippen LogP contribution in [0.15, 0.2) is 48.6 Å². The minimum absolute atomic E-state index is 0.271. The number of rotatable bonds is 30. The van der Waals surface area contributed by atoms with Crippen LogP contribution in [0, 0.1) is 5.41 Å². The van der Waals surface area contributed by atoms with Crippen LogP contribution >= 0.6 is 0 Å². The molecule has 3 nitrogen and oxygen atoms in total. The number of allylic oxidation sites excluding steroid dienone is 8. The predicted octanol–water partition coefficient (Wildman–Crippen LogP) is 14.0. The average molecular weight is 680 g/mol. The Bertz CT molecular complexity index is 856. The van der Waals surface area contributed by atoms with E-state index in [2.05, 4.69) is 74.4 Å². The summed E-state index contributed by atoms with van der Waals surface area (Å²) in [6.45, 7) is 6.63. The Labute approximate surface area is 305 Å². The van der Waals surface area contributed by atoms with Crippen molar-refractivity contribution in [3.63, 3.8) is 0 Å². The highest BCUT2D eigenvalue weighted by Gasteiger charge is 2.57. The standard InChI is InChI=1S/C46H81NO2/c1-4-6-8-10-12-14-16-18-20-22-24-26-28-30-32-34-36-45(38-39-46(42-45)48-43-40-47(3)41-44(43)49-46)37-35-33-31-29-27-25-23-21-19-17-15-13-11-9-7-5-2/h12-15,18-21,43-44H,4-11,16-17,22-42H2,1-3H3/b14-12-,15-13-,20-18-,21-19-/t43-,44+,46+. The summed E-state index contributed by atoms with van der Waals surface area (Å²) in [4.78, 5) is 2.37. The van der Waals surface area contributed by atoms with Gasteiger partial charge in [0.15, 0.2) is 5.79 Å². The van der Waals surface area contributed by atoms with Crippen molar-refractivity contribution in [3.8, 4) is 0 Å². The van der Waals surface area contributed by atoms with Crippen molar-refractivity contribution in [2.75, 3.05) is 20.1 Å². The van der Waals surface area contributed by atoms with E-state index in [0.29, 0.717) is 17.6 Å². The molecule has 0 aromatic carbocycles. The molecule has 49 heavy (non-hydrogen) atoms. The molecule has 0 aromatic rings. The van der Waals surface area contributed by atoms with Crippen LogP contribution in [0.2, 0.25) is 0 Å². The molecule has 3 atom stereocenters. The molecule has 0 bridgehead atoms. The molecule has 1 aliphatic carbocycles. The van der Waals surface area contributed by atoms with E-state index < -0.39 is 0 Å². The van der Waals surface area contributed by atoms with Gasteiger partial charge in [0.05, 0.1) is 0 Å². The average Bonchev–Trinajstić information content (AvgIpc) is 3.73. The van der Waals surface area contributed by atoms with E-state index >= 15 is 0 Å². The summed E-state index contributed by atoms with van der Waals surface area (Å²) >= 11 is 0. The fraction of sp³-hybridized carbons (Fsp3) is 0.826. The molecule has 2 aliphatic heterocycles. The first-order valence-electron chi connectivity index (χ1n) is 21.7. The molecule has 282 valence electrons. The number of hydrogen-bond donors (Lipinski definition) is 0. The van der Waals surface area contributed by atoms with Gasteiger partial charge in [-0.3, -0.25) is 0 Å². The maximum absolute atomic E-state index is 6.74. The topological polar surface area (TPSA) is 21.7 Å². The summed E-state index contributed by atoms with van der Waals surface area (Å²) in [5, 5.41) is 0. The Morgan fingerprint density at radius 1 is 0.490 bits per heavy atom. The van der Waals surface area contributed by atoms with Gasteiger partial charge in [0.25, 0.3) is 0 Å². The minimum Gasteiger partial charge on any atom is -0.343 e. The van der Waals surface area contributed by atoms with Gasteiger partial charge >= 0.3 is 0 Å². The highest BCUT2D eigenvalue weighted by Crippen LogP contribution is 2.56.